The fourth-order valence-electron chi connectivity index (χ4n) is 1.66. The second kappa shape index (κ2) is 5.72. The molecule has 5 heteroatoms. The van der Waals surface area contributed by atoms with Crippen LogP contribution in [0, 0.1) is 18.3 Å². The van der Waals surface area contributed by atoms with Crippen molar-refractivity contribution < 1.29 is 4.74 Å². The molecule has 1 aromatic carbocycles. The summed E-state index contributed by atoms with van der Waals surface area (Å²) in [4.78, 5) is 4.26. The van der Waals surface area contributed by atoms with E-state index in [9.17, 15) is 0 Å². The second-order valence-corrected chi connectivity index (χ2v) is 4.79. The summed E-state index contributed by atoms with van der Waals surface area (Å²) in [6.07, 6.45) is 1.72. The minimum Gasteiger partial charge on any atom is -0.495 e. The Morgan fingerprint density at radius 1 is 1.42 bits per heavy atom. The number of aryl methyl sites for hydroxylation is 1. The van der Waals surface area contributed by atoms with Crippen LogP contribution in [-0.2, 0) is 0 Å². The molecule has 0 unspecified atom stereocenters. The van der Waals surface area contributed by atoms with Gasteiger partial charge in [0.1, 0.15) is 23.3 Å². The number of aromatic nitrogens is 1. The molecule has 1 N–H and O–H groups in total. The van der Waals surface area contributed by atoms with Crippen molar-refractivity contribution in [3.63, 3.8) is 0 Å². The quantitative estimate of drug-likeness (QED) is 0.936. The van der Waals surface area contributed by atoms with Crippen molar-refractivity contribution in [1.29, 1.82) is 5.26 Å². The van der Waals surface area contributed by atoms with Gasteiger partial charge in [0.05, 0.1) is 12.7 Å². The largest absolute Gasteiger partial charge is 0.495 e. The summed E-state index contributed by atoms with van der Waals surface area (Å²) in [5.74, 6) is 1.28. The molecule has 0 saturated heterocycles. The molecule has 0 aliphatic heterocycles. The first-order valence-corrected chi connectivity index (χ1v) is 6.41. The van der Waals surface area contributed by atoms with Gasteiger partial charge in [-0.05, 0) is 46.6 Å². The van der Waals surface area contributed by atoms with E-state index in [2.05, 4.69) is 32.3 Å². The molecule has 0 aliphatic carbocycles. The van der Waals surface area contributed by atoms with Crippen LogP contribution in [0.25, 0.3) is 0 Å². The minimum atomic E-state index is 0.515. The third-order valence-corrected chi connectivity index (χ3v) is 3.50. The number of nitriles is 1. The summed E-state index contributed by atoms with van der Waals surface area (Å²) in [5, 5.41) is 12.3. The van der Waals surface area contributed by atoms with Crippen molar-refractivity contribution in [2.45, 2.75) is 6.92 Å². The predicted octanol–water partition coefficient (Wildman–Crippen LogP) is 3.78. The lowest BCUT2D eigenvalue weighted by Gasteiger charge is -2.12. The van der Waals surface area contributed by atoms with E-state index < -0.39 is 0 Å². The maximum Gasteiger partial charge on any atom is 0.143 e. The number of methoxy groups -OCH3 is 1. The Morgan fingerprint density at radius 3 is 2.84 bits per heavy atom. The van der Waals surface area contributed by atoms with Crippen LogP contribution in [0.15, 0.2) is 34.9 Å². The van der Waals surface area contributed by atoms with E-state index in [1.807, 2.05) is 13.0 Å². The summed E-state index contributed by atoms with van der Waals surface area (Å²) < 4.78 is 6.21. The van der Waals surface area contributed by atoms with Crippen LogP contribution in [0.2, 0.25) is 0 Å². The van der Waals surface area contributed by atoms with Crippen molar-refractivity contribution in [3.05, 3.63) is 46.1 Å². The average Bonchev–Trinajstić information content (AvgIpc) is 2.43. The zero-order valence-corrected chi connectivity index (χ0v) is 12.2. The fourth-order valence-corrected chi connectivity index (χ4v) is 1.88. The van der Waals surface area contributed by atoms with Gasteiger partial charge in [-0.15, -0.1) is 0 Å². The normalized spacial score (nSPS) is 9.79. The lowest BCUT2D eigenvalue weighted by molar-refractivity contribution is 0.416. The van der Waals surface area contributed by atoms with Crippen molar-refractivity contribution in [3.8, 4) is 11.8 Å². The molecular formula is C14H12BrN3O. The van der Waals surface area contributed by atoms with E-state index in [-0.39, 0.29) is 0 Å². The van der Waals surface area contributed by atoms with Gasteiger partial charge in [-0.2, -0.15) is 5.26 Å². The van der Waals surface area contributed by atoms with Gasteiger partial charge in [0.25, 0.3) is 0 Å². The summed E-state index contributed by atoms with van der Waals surface area (Å²) in [6.45, 7) is 1.98. The van der Waals surface area contributed by atoms with Crippen LogP contribution in [0.4, 0.5) is 11.5 Å². The SMILES string of the molecule is COc1cccc(C#N)c1Nc1cc(C)c(Br)cn1. The third-order valence-electron chi connectivity index (χ3n) is 2.67. The van der Waals surface area contributed by atoms with Crippen LogP contribution in [-0.4, -0.2) is 12.1 Å². The Labute approximate surface area is 120 Å². The van der Waals surface area contributed by atoms with Crippen LogP contribution >= 0.6 is 15.9 Å². The molecule has 2 aromatic rings. The van der Waals surface area contributed by atoms with E-state index in [4.69, 9.17) is 10.00 Å². The maximum atomic E-state index is 9.14. The number of para-hydroxylation sites is 1. The zero-order chi connectivity index (χ0) is 13.8. The molecule has 2 rings (SSSR count). The highest BCUT2D eigenvalue weighted by Crippen LogP contribution is 2.31. The Hall–Kier alpha value is -2.06. The third kappa shape index (κ3) is 2.85. The molecule has 0 bridgehead atoms. The van der Waals surface area contributed by atoms with Crippen molar-refractivity contribution in [2.24, 2.45) is 0 Å². The van der Waals surface area contributed by atoms with Gasteiger partial charge in [0, 0.05) is 10.7 Å². The number of rotatable bonds is 3. The van der Waals surface area contributed by atoms with Gasteiger partial charge in [-0.1, -0.05) is 6.07 Å². The number of pyridine rings is 1. The first-order valence-electron chi connectivity index (χ1n) is 5.62. The molecule has 96 valence electrons. The molecule has 0 spiro atoms. The highest BCUT2D eigenvalue weighted by atomic mass is 79.9. The molecule has 0 aliphatic rings. The summed E-state index contributed by atoms with van der Waals surface area (Å²) in [7, 11) is 1.57. The zero-order valence-electron chi connectivity index (χ0n) is 10.6. The van der Waals surface area contributed by atoms with Gasteiger partial charge in [-0.25, -0.2) is 4.98 Å². The summed E-state index contributed by atoms with van der Waals surface area (Å²) in [6, 6.07) is 9.35. The number of nitrogens with zero attached hydrogens (tertiary/aromatic N) is 2. The maximum absolute atomic E-state index is 9.14. The number of halogens is 1. The van der Waals surface area contributed by atoms with Crippen molar-refractivity contribution in [1.82, 2.24) is 4.98 Å². The highest BCUT2D eigenvalue weighted by Gasteiger charge is 2.10. The van der Waals surface area contributed by atoms with Crippen LogP contribution in [0.5, 0.6) is 5.75 Å². The molecule has 0 atom stereocenters. The van der Waals surface area contributed by atoms with Crippen molar-refractivity contribution in [2.75, 3.05) is 12.4 Å². The van der Waals surface area contributed by atoms with E-state index in [0.29, 0.717) is 22.8 Å². The van der Waals surface area contributed by atoms with Gasteiger partial charge in [0.15, 0.2) is 0 Å². The molecule has 0 amide bonds. The van der Waals surface area contributed by atoms with E-state index >= 15 is 0 Å². The molecule has 19 heavy (non-hydrogen) atoms. The molecule has 1 aromatic heterocycles. The number of nitrogens with one attached hydrogen (secondary N) is 1. The minimum absolute atomic E-state index is 0.515. The number of benzene rings is 1. The number of ether oxygens (including phenoxy) is 1. The topological polar surface area (TPSA) is 57.9 Å². The Bertz CT molecular complexity index is 650. The lowest BCUT2D eigenvalue weighted by Crippen LogP contribution is -1.99. The standard InChI is InChI=1S/C14H12BrN3O/c1-9-6-13(17-8-11(9)15)18-14-10(7-16)4-3-5-12(14)19-2/h3-6,8H,1-2H3,(H,17,18). The molecule has 0 saturated carbocycles. The lowest BCUT2D eigenvalue weighted by atomic mass is 10.1. The van der Waals surface area contributed by atoms with E-state index in [0.717, 1.165) is 10.0 Å². The summed E-state index contributed by atoms with van der Waals surface area (Å²) >= 11 is 3.40. The van der Waals surface area contributed by atoms with Crippen LogP contribution < -0.4 is 10.1 Å². The average molecular weight is 318 g/mol. The smallest absolute Gasteiger partial charge is 0.143 e. The van der Waals surface area contributed by atoms with Gasteiger partial charge >= 0.3 is 0 Å². The summed E-state index contributed by atoms with van der Waals surface area (Å²) in [5.41, 5.74) is 2.20. The Kier molecular flexibility index (Phi) is 4.03. The molecule has 4 nitrogen and oxygen atoms in total. The van der Waals surface area contributed by atoms with Crippen molar-refractivity contribution >= 4 is 27.4 Å². The Morgan fingerprint density at radius 2 is 2.21 bits per heavy atom. The Balaban J connectivity index is 2.42. The van der Waals surface area contributed by atoms with E-state index in [1.54, 1.807) is 31.5 Å². The van der Waals surface area contributed by atoms with Crippen LogP contribution in [0.3, 0.4) is 0 Å². The molecule has 0 radical (unpaired) electrons. The number of hydrogen-bond acceptors (Lipinski definition) is 4. The van der Waals surface area contributed by atoms with Crippen LogP contribution in [0.1, 0.15) is 11.1 Å². The highest BCUT2D eigenvalue weighted by molar-refractivity contribution is 9.10. The van der Waals surface area contributed by atoms with Gasteiger partial charge in [-0.3, -0.25) is 0 Å². The second-order valence-electron chi connectivity index (χ2n) is 3.94. The first kappa shape index (κ1) is 13.4. The van der Waals surface area contributed by atoms with Gasteiger partial charge in [0.2, 0.25) is 0 Å². The molecule has 0 fully saturated rings. The van der Waals surface area contributed by atoms with E-state index in [1.165, 1.54) is 0 Å². The number of hydrogen-bond donors (Lipinski definition) is 1. The number of anilines is 2. The molecule has 1 heterocycles. The van der Waals surface area contributed by atoms with Gasteiger partial charge < -0.3 is 10.1 Å². The first-order chi connectivity index (χ1) is 9.15. The monoisotopic (exact) mass is 317 g/mol. The predicted molar refractivity (Wildman–Crippen MR) is 77.7 cm³/mol. The fraction of sp³-hybridized carbons (Fsp3) is 0.143. The molecular weight excluding hydrogens is 306 g/mol.